The van der Waals surface area contributed by atoms with Gasteiger partial charge >= 0.3 is 5.97 Å². The maximum atomic E-state index is 11.6. The second-order valence-corrected chi connectivity index (χ2v) is 4.44. The first-order chi connectivity index (χ1) is 7.97. The van der Waals surface area contributed by atoms with Gasteiger partial charge in [-0.15, -0.1) is 0 Å². The average molecular weight is 244 g/mol. The summed E-state index contributed by atoms with van der Waals surface area (Å²) in [6.07, 6.45) is 4.44. The Morgan fingerprint density at radius 1 is 1.29 bits per heavy atom. The number of rotatable bonds is 9. The average Bonchev–Trinajstić information content (AvgIpc) is 2.26. The molecule has 0 aromatic rings. The molecule has 17 heavy (non-hydrogen) atoms. The van der Waals surface area contributed by atoms with Gasteiger partial charge in [-0.3, -0.25) is 9.59 Å². The van der Waals surface area contributed by atoms with Crippen LogP contribution >= 0.6 is 0 Å². The van der Waals surface area contributed by atoms with Crippen LogP contribution in [-0.2, 0) is 9.59 Å². The van der Waals surface area contributed by atoms with E-state index in [9.17, 15) is 9.59 Å². The molecule has 0 fully saturated rings. The van der Waals surface area contributed by atoms with Gasteiger partial charge in [0.2, 0.25) is 5.91 Å². The first-order valence-electron chi connectivity index (χ1n) is 6.25. The second kappa shape index (κ2) is 8.98. The SMILES string of the molecule is CCCCCC(C)NC(=O)C(N)CCC(=O)O. The van der Waals surface area contributed by atoms with Gasteiger partial charge in [0.05, 0.1) is 6.04 Å². The van der Waals surface area contributed by atoms with Crippen LogP contribution in [0.25, 0.3) is 0 Å². The standard InChI is InChI=1S/C12H24N2O3/c1-3-4-5-6-9(2)14-12(17)10(13)7-8-11(15)16/h9-10H,3-8,13H2,1-2H3,(H,14,17)(H,15,16). The van der Waals surface area contributed by atoms with E-state index >= 15 is 0 Å². The molecule has 2 atom stereocenters. The third-order valence-corrected chi connectivity index (χ3v) is 2.64. The van der Waals surface area contributed by atoms with E-state index in [4.69, 9.17) is 10.8 Å². The molecule has 0 spiro atoms. The molecule has 0 heterocycles. The molecule has 5 nitrogen and oxygen atoms in total. The number of hydrogen-bond donors (Lipinski definition) is 3. The highest BCUT2D eigenvalue weighted by Crippen LogP contribution is 2.03. The van der Waals surface area contributed by atoms with Crippen molar-refractivity contribution in [3.05, 3.63) is 0 Å². The van der Waals surface area contributed by atoms with Crippen LogP contribution in [0.4, 0.5) is 0 Å². The molecule has 0 saturated heterocycles. The highest BCUT2D eigenvalue weighted by atomic mass is 16.4. The lowest BCUT2D eigenvalue weighted by Crippen LogP contribution is -2.44. The molecule has 4 N–H and O–H groups in total. The Morgan fingerprint density at radius 2 is 1.94 bits per heavy atom. The maximum absolute atomic E-state index is 11.6. The highest BCUT2D eigenvalue weighted by molar-refractivity contribution is 5.82. The van der Waals surface area contributed by atoms with Crippen molar-refractivity contribution in [2.24, 2.45) is 5.73 Å². The summed E-state index contributed by atoms with van der Waals surface area (Å²) in [4.78, 5) is 21.9. The zero-order chi connectivity index (χ0) is 13.3. The van der Waals surface area contributed by atoms with Crippen molar-refractivity contribution in [3.8, 4) is 0 Å². The van der Waals surface area contributed by atoms with E-state index in [0.717, 1.165) is 25.7 Å². The third-order valence-electron chi connectivity index (χ3n) is 2.64. The number of nitrogens with one attached hydrogen (secondary N) is 1. The number of carboxylic acid groups (broad SMARTS) is 1. The van der Waals surface area contributed by atoms with Gasteiger partial charge in [0.15, 0.2) is 0 Å². The predicted octanol–water partition coefficient (Wildman–Crippen LogP) is 1.26. The first kappa shape index (κ1) is 15.9. The molecule has 0 aliphatic heterocycles. The third kappa shape index (κ3) is 8.68. The van der Waals surface area contributed by atoms with Gasteiger partial charge in [0, 0.05) is 12.5 Å². The van der Waals surface area contributed by atoms with E-state index in [0.29, 0.717) is 0 Å². The minimum absolute atomic E-state index is 0.0706. The van der Waals surface area contributed by atoms with Crippen LogP contribution in [0.1, 0.15) is 52.4 Å². The molecular formula is C12H24N2O3. The van der Waals surface area contributed by atoms with Gasteiger partial charge in [-0.25, -0.2) is 0 Å². The molecule has 2 unspecified atom stereocenters. The van der Waals surface area contributed by atoms with Gasteiger partial charge in [-0.05, 0) is 19.8 Å². The summed E-state index contributed by atoms with van der Waals surface area (Å²) in [5, 5.41) is 11.3. The topological polar surface area (TPSA) is 92.4 Å². The van der Waals surface area contributed by atoms with Gasteiger partial charge < -0.3 is 16.2 Å². The smallest absolute Gasteiger partial charge is 0.303 e. The number of amides is 1. The fourth-order valence-corrected chi connectivity index (χ4v) is 1.53. The van der Waals surface area contributed by atoms with E-state index in [1.54, 1.807) is 0 Å². The van der Waals surface area contributed by atoms with Crippen molar-refractivity contribution < 1.29 is 14.7 Å². The van der Waals surface area contributed by atoms with Crippen LogP contribution in [0.5, 0.6) is 0 Å². The molecule has 0 radical (unpaired) electrons. The monoisotopic (exact) mass is 244 g/mol. The minimum atomic E-state index is -0.927. The van der Waals surface area contributed by atoms with E-state index in [2.05, 4.69) is 12.2 Å². The van der Waals surface area contributed by atoms with E-state index in [1.807, 2.05) is 6.92 Å². The molecule has 100 valence electrons. The van der Waals surface area contributed by atoms with Crippen LogP contribution in [-0.4, -0.2) is 29.1 Å². The summed E-state index contributed by atoms with van der Waals surface area (Å²) in [6.45, 7) is 4.07. The highest BCUT2D eigenvalue weighted by Gasteiger charge is 2.16. The largest absolute Gasteiger partial charge is 0.481 e. The molecule has 0 aliphatic rings. The van der Waals surface area contributed by atoms with Crippen molar-refractivity contribution in [1.82, 2.24) is 5.32 Å². The second-order valence-electron chi connectivity index (χ2n) is 4.44. The normalized spacial score (nSPS) is 14.1. The summed E-state index contributed by atoms with van der Waals surface area (Å²) in [5.41, 5.74) is 5.59. The summed E-state index contributed by atoms with van der Waals surface area (Å²) >= 11 is 0. The van der Waals surface area contributed by atoms with Crippen LogP contribution < -0.4 is 11.1 Å². The van der Waals surface area contributed by atoms with E-state index in [1.165, 1.54) is 0 Å². The Morgan fingerprint density at radius 3 is 2.47 bits per heavy atom. The number of carbonyl (C=O) groups is 2. The van der Waals surface area contributed by atoms with Crippen molar-refractivity contribution >= 4 is 11.9 Å². The number of unbranched alkanes of at least 4 members (excludes halogenated alkanes) is 2. The van der Waals surface area contributed by atoms with Gasteiger partial charge in [-0.2, -0.15) is 0 Å². The Kier molecular flexibility index (Phi) is 8.40. The summed E-state index contributed by atoms with van der Waals surface area (Å²) in [5.74, 6) is -1.18. The van der Waals surface area contributed by atoms with E-state index < -0.39 is 12.0 Å². The Hall–Kier alpha value is -1.10. The van der Waals surface area contributed by atoms with Crippen LogP contribution in [0, 0.1) is 0 Å². The quantitative estimate of drug-likeness (QED) is 0.532. The molecule has 0 bridgehead atoms. The number of aliphatic carboxylic acids is 1. The van der Waals surface area contributed by atoms with Crippen molar-refractivity contribution in [1.29, 1.82) is 0 Å². The number of nitrogens with two attached hydrogens (primary N) is 1. The number of carbonyl (C=O) groups excluding carboxylic acids is 1. The lowest BCUT2D eigenvalue weighted by atomic mass is 10.1. The fraction of sp³-hybridized carbons (Fsp3) is 0.833. The van der Waals surface area contributed by atoms with Gasteiger partial charge in [0.25, 0.3) is 0 Å². The van der Waals surface area contributed by atoms with Gasteiger partial charge in [-0.1, -0.05) is 26.2 Å². The van der Waals surface area contributed by atoms with Crippen molar-refractivity contribution in [2.75, 3.05) is 0 Å². The number of carboxylic acids is 1. The van der Waals surface area contributed by atoms with Gasteiger partial charge in [0.1, 0.15) is 0 Å². The van der Waals surface area contributed by atoms with Crippen LogP contribution in [0.15, 0.2) is 0 Å². The molecule has 1 amide bonds. The molecule has 0 saturated carbocycles. The molecule has 0 rings (SSSR count). The van der Waals surface area contributed by atoms with Crippen molar-refractivity contribution in [3.63, 3.8) is 0 Å². The molecule has 0 aromatic heterocycles. The lowest BCUT2D eigenvalue weighted by Gasteiger charge is -2.17. The van der Waals surface area contributed by atoms with Crippen LogP contribution in [0.3, 0.4) is 0 Å². The Balaban J connectivity index is 3.78. The Bertz CT molecular complexity index is 244. The van der Waals surface area contributed by atoms with E-state index in [-0.39, 0.29) is 24.8 Å². The predicted molar refractivity (Wildman–Crippen MR) is 66.6 cm³/mol. The zero-order valence-corrected chi connectivity index (χ0v) is 10.7. The molecular weight excluding hydrogens is 220 g/mol. The minimum Gasteiger partial charge on any atom is -0.481 e. The van der Waals surface area contributed by atoms with Crippen LogP contribution in [0.2, 0.25) is 0 Å². The number of hydrogen-bond acceptors (Lipinski definition) is 3. The summed E-state index contributed by atoms with van der Waals surface area (Å²) in [6, 6.07) is -0.621. The fourth-order valence-electron chi connectivity index (χ4n) is 1.53. The Labute approximate surface area is 103 Å². The molecule has 5 heteroatoms. The zero-order valence-electron chi connectivity index (χ0n) is 10.7. The maximum Gasteiger partial charge on any atom is 0.303 e. The van der Waals surface area contributed by atoms with Crippen molar-refractivity contribution in [2.45, 2.75) is 64.5 Å². The summed E-state index contributed by atoms with van der Waals surface area (Å²) < 4.78 is 0. The molecule has 0 aliphatic carbocycles. The summed E-state index contributed by atoms with van der Waals surface area (Å²) in [7, 11) is 0. The first-order valence-corrected chi connectivity index (χ1v) is 6.25. The lowest BCUT2D eigenvalue weighted by molar-refractivity contribution is -0.137. The molecule has 0 aromatic carbocycles.